The maximum Gasteiger partial charge on any atom is 0.292 e. The fraction of sp³-hybridized carbons (Fsp3) is 0.344. The van der Waals surface area contributed by atoms with Gasteiger partial charge in [-0.05, 0) is 80.6 Å². The number of ketones is 1. The molecule has 1 saturated carbocycles. The van der Waals surface area contributed by atoms with Gasteiger partial charge < -0.3 is 15.2 Å². The summed E-state index contributed by atoms with van der Waals surface area (Å²) >= 11 is 6.54. The second kappa shape index (κ2) is 11.5. The number of nitrogens with one attached hydrogen (secondary N) is 1. The van der Waals surface area contributed by atoms with Crippen LogP contribution < -0.4 is 10.1 Å². The number of amides is 1. The molecule has 1 aromatic heterocycles. The smallest absolute Gasteiger partial charge is 0.292 e. The van der Waals surface area contributed by atoms with E-state index in [2.05, 4.69) is 10.4 Å². The molecule has 0 spiro atoms. The summed E-state index contributed by atoms with van der Waals surface area (Å²) in [5.74, 6) is -1.28. The predicted molar refractivity (Wildman–Crippen MR) is 157 cm³/mol. The largest absolute Gasteiger partial charge is 0.489 e. The fourth-order valence-electron chi connectivity index (χ4n) is 5.53. The Morgan fingerprint density at radius 3 is 2.55 bits per heavy atom. The maximum atomic E-state index is 13.2. The quantitative estimate of drug-likeness (QED) is 0.198. The molecule has 6 rings (SSSR count). The molecular formula is C32H32ClFN4O4. The Bertz CT molecular complexity index is 1630. The van der Waals surface area contributed by atoms with Crippen LogP contribution in [0.15, 0.2) is 66.9 Å². The minimum Gasteiger partial charge on any atom is -0.489 e. The number of hydrogen-bond acceptors (Lipinski definition) is 6. The third kappa shape index (κ3) is 5.77. The van der Waals surface area contributed by atoms with Crippen molar-refractivity contribution >= 4 is 34.2 Å². The molecule has 1 aliphatic heterocycles. The van der Waals surface area contributed by atoms with Crippen LogP contribution in [0.2, 0.25) is 5.02 Å². The van der Waals surface area contributed by atoms with E-state index < -0.39 is 23.5 Å². The minimum atomic E-state index is -1.58. The number of rotatable bonds is 10. The fourth-order valence-corrected chi connectivity index (χ4v) is 5.75. The highest BCUT2D eigenvalue weighted by Gasteiger charge is 2.44. The number of ether oxygens (including phenoxy) is 1. The van der Waals surface area contributed by atoms with Crippen LogP contribution in [0, 0.1) is 5.82 Å². The molecule has 4 aromatic rings. The normalized spacial score (nSPS) is 17.6. The molecule has 0 unspecified atom stereocenters. The Hall–Kier alpha value is -3.79. The number of fused-ring (bicyclic) bond motifs is 1. The van der Waals surface area contributed by atoms with Crippen molar-refractivity contribution in [2.45, 2.75) is 57.0 Å². The SMILES string of the molecule is C[C@@H](NC(=O)C(=O)c1ccc2nn(Cc3ccc(F)cc3)cc2c1)[C@](O)(c1ccc(OC2CC2)c(Cl)c1)N1CCCC1. The molecule has 1 saturated heterocycles. The Kier molecular flexibility index (Phi) is 7.74. The van der Waals surface area contributed by atoms with E-state index in [1.807, 2.05) is 4.90 Å². The van der Waals surface area contributed by atoms with E-state index in [9.17, 15) is 19.1 Å². The van der Waals surface area contributed by atoms with Gasteiger partial charge in [0.15, 0.2) is 5.72 Å². The van der Waals surface area contributed by atoms with Gasteiger partial charge in [0.2, 0.25) is 5.78 Å². The first-order valence-electron chi connectivity index (χ1n) is 14.2. The first-order chi connectivity index (χ1) is 20.2. The molecule has 2 N–H and O–H groups in total. The van der Waals surface area contributed by atoms with Gasteiger partial charge in [0.1, 0.15) is 11.6 Å². The van der Waals surface area contributed by atoms with Crippen molar-refractivity contribution < 1.29 is 23.8 Å². The van der Waals surface area contributed by atoms with Gasteiger partial charge in [-0.25, -0.2) is 4.39 Å². The Morgan fingerprint density at radius 1 is 1.12 bits per heavy atom. The molecule has 42 heavy (non-hydrogen) atoms. The van der Waals surface area contributed by atoms with Crippen molar-refractivity contribution in [3.63, 3.8) is 0 Å². The molecule has 10 heteroatoms. The topological polar surface area (TPSA) is 96.7 Å². The first-order valence-corrected chi connectivity index (χ1v) is 14.6. The number of benzene rings is 3. The number of likely N-dealkylation sites (tertiary alicyclic amines) is 1. The average Bonchev–Trinajstić information content (AvgIpc) is 3.45. The zero-order valence-corrected chi connectivity index (χ0v) is 24.0. The predicted octanol–water partition coefficient (Wildman–Crippen LogP) is 5.05. The molecule has 3 aromatic carbocycles. The highest BCUT2D eigenvalue weighted by molar-refractivity contribution is 6.43. The summed E-state index contributed by atoms with van der Waals surface area (Å²) < 4.78 is 20.8. The highest BCUT2D eigenvalue weighted by Crippen LogP contribution is 2.38. The third-order valence-electron chi connectivity index (χ3n) is 7.99. The summed E-state index contributed by atoms with van der Waals surface area (Å²) in [5, 5.41) is 20.5. The first kappa shape index (κ1) is 28.3. The van der Waals surface area contributed by atoms with E-state index in [-0.39, 0.29) is 17.5 Å². The second-order valence-corrected chi connectivity index (χ2v) is 11.5. The zero-order valence-electron chi connectivity index (χ0n) is 23.2. The van der Waals surface area contributed by atoms with Crippen molar-refractivity contribution in [3.05, 3.63) is 94.4 Å². The van der Waals surface area contributed by atoms with Crippen molar-refractivity contribution in [2.24, 2.45) is 0 Å². The molecule has 2 aliphatic rings. The van der Waals surface area contributed by atoms with Gasteiger partial charge in [-0.1, -0.05) is 29.8 Å². The molecule has 1 amide bonds. The van der Waals surface area contributed by atoms with Gasteiger partial charge in [-0.2, -0.15) is 5.10 Å². The van der Waals surface area contributed by atoms with Crippen molar-refractivity contribution in [2.75, 3.05) is 13.1 Å². The third-order valence-corrected chi connectivity index (χ3v) is 8.29. The zero-order chi connectivity index (χ0) is 29.4. The standard InChI is InChI=1S/C32H32ClFN4O4/c1-20(32(41,37-14-2-3-15-37)24-7-13-29(27(33)17-24)42-26-10-11-26)35-31(40)30(39)22-6-12-28-23(16-22)19-38(36-28)18-21-4-8-25(34)9-5-21/h4-9,12-13,16-17,19-20,26,41H,2-3,10-11,14-15,18H2,1H3,(H,35,40)/t20-,32+/m1/s1. The number of hydrogen-bond donors (Lipinski definition) is 2. The van der Waals surface area contributed by atoms with Gasteiger partial charge in [0.25, 0.3) is 5.91 Å². The van der Waals surface area contributed by atoms with Crippen LogP contribution in [0.3, 0.4) is 0 Å². The highest BCUT2D eigenvalue weighted by atomic mass is 35.5. The van der Waals surface area contributed by atoms with Crippen LogP contribution in [0.1, 0.15) is 54.1 Å². The lowest BCUT2D eigenvalue weighted by Gasteiger charge is -2.42. The van der Waals surface area contributed by atoms with E-state index in [4.69, 9.17) is 16.3 Å². The van der Waals surface area contributed by atoms with E-state index in [0.717, 1.165) is 31.2 Å². The molecule has 2 heterocycles. The van der Waals surface area contributed by atoms with E-state index >= 15 is 0 Å². The number of carbonyl (C=O) groups excluding carboxylic acids is 2. The van der Waals surface area contributed by atoms with Gasteiger partial charge in [0, 0.05) is 35.8 Å². The number of Topliss-reactive ketones (excluding diaryl/α,β-unsaturated/α-hetero) is 1. The number of halogens is 2. The molecular weight excluding hydrogens is 559 g/mol. The van der Waals surface area contributed by atoms with Gasteiger partial charge in [-0.15, -0.1) is 0 Å². The van der Waals surface area contributed by atoms with Crippen LogP contribution in [-0.2, 0) is 17.1 Å². The lowest BCUT2D eigenvalue weighted by atomic mass is 9.93. The minimum absolute atomic E-state index is 0.179. The molecule has 218 valence electrons. The van der Waals surface area contributed by atoms with Crippen LogP contribution in [0.4, 0.5) is 4.39 Å². The summed E-state index contributed by atoms with van der Waals surface area (Å²) in [7, 11) is 0. The molecule has 0 bridgehead atoms. The molecule has 8 nitrogen and oxygen atoms in total. The van der Waals surface area contributed by atoms with E-state index in [0.29, 0.717) is 46.9 Å². The number of aliphatic hydroxyl groups is 1. The van der Waals surface area contributed by atoms with Crippen LogP contribution in [0.25, 0.3) is 10.9 Å². The number of nitrogens with zero attached hydrogens (tertiary/aromatic N) is 3. The van der Waals surface area contributed by atoms with Crippen molar-refractivity contribution in [3.8, 4) is 5.75 Å². The lowest BCUT2D eigenvalue weighted by molar-refractivity contribution is -0.139. The summed E-state index contributed by atoms with van der Waals surface area (Å²) in [6, 6.07) is 15.4. The van der Waals surface area contributed by atoms with Crippen molar-refractivity contribution in [1.29, 1.82) is 0 Å². The van der Waals surface area contributed by atoms with Gasteiger partial charge in [0.05, 0.1) is 29.2 Å². The van der Waals surface area contributed by atoms with Crippen LogP contribution >= 0.6 is 11.6 Å². The van der Waals surface area contributed by atoms with E-state index in [1.54, 1.807) is 66.3 Å². The van der Waals surface area contributed by atoms with E-state index in [1.165, 1.54) is 12.1 Å². The monoisotopic (exact) mass is 590 g/mol. The summed E-state index contributed by atoms with van der Waals surface area (Å²) in [6.07, 6.45) is 5.78. The van der Waals surface area contributed by atoms with Crippen LogP contribution in [-0.4, -0.2) is 56.7 Å². The average molecular weight is 591 g/mol. The summed E-state index contributed by atoms with van der Waals surface area (Å²) in [5.41, 5.74) is 0.692. The second-order valence-electron chi connectivity index (χ2n) is 11.1. The summed E-state index contributed by atoms with van der Waals surface area (Å²) in [4.78, 5) is 28.4. The Balaban J connectivity index is 1.19. The molecule has 2 fully saturated rings. The van der Waals surface area contributed by atoms with Crippen molar-refractivity contribution in [1.82, 2.24) is 20.0 Å². The number of carbonyl (C=O) groups is 2. The lowest BCUT2D eigenvalue weighted by Crippen LogP contribution is -2.59. The molecule has 2 atom stereocenters. The van der Waals surface area contributed by atoms with Gasteiger partial charge >= 0.3 is 0 Å². The number of aromatic nitrogens is 2. The Labute approximate surface area is 248 Å². The Morgan fingerprint density at radius 2 is 1.86 bits per heavy atom. The summed E-state index contributed by atoms with van der Waals surface area (Å²) in [6.45, 7) is 3.40. The van der Waals surface area contributed by atoms with Gasteiger partial charge in [-0.3, -0.25) is 19.2 Å². The molecule has 1 aliphatic carbocycles. The maximum absolute atomic E-state index is 13.2. The molecule has 0 radical (unpaired) electrons. The van der Waals surface area contributed by atoms with Crippen LogP contribution in [0.5, 0.6) is 5.75 Å².